The van der Waals surface area contributed by atoms with Crippen molar-refractivity contribution in [2.45, 2.75) is 36.0 Å². The minimum absolute atomic E-state index is 0.162. The summed E-state index contributed by atoms with van der Waals surface area (Å²) >= 11 is 0. The van der Waals surface area contributed by atoms with Crippen LogP contribution in [0.5, 0.6) is 17.2 Å². The van der Waals surface area contributed by atoms with E-state index in [1.807, 2.05) is 20.8 Å². The molecule has 0 saturated heterocycles. The second-order valence-corrected chi connectivity index (χ2v) is 11.0. The van der Waals surface area contributed by atoms with E-state index in [0.29, 0.717) is 5.56 Å². The highest BCUT2D eigenvalue weighted by Crippen LogP contribution is 2.41. The van der Waals surface area contributed by atoms with Gasteiger partial charge < -0.3 is 14.9 Å². The van der Waals surface area contributed by atoms with Gasteiger partial charge in [0.25, 0.3) is 10.9 Å². The van der Waals surface area contributed by atoms with Gasteiger partial charge in [0.2, 0.25) is 20.7 Å². The van der Waals surface area contributed by atoms with Crippen molar-refractivity contribution in [2.24, 2.45) is 0 Å². The first-order chi connectivity index (χ1) is 16.2. The van der Waals surface area contributed by atoms with Crippen molar-refractivity contribution in [3.63, 3.8) is 0 Å². The summed E-state index contributed by atoms with van der Waals surface area (Å²) in [6, 6.07) is 7.86. The number of hydrogen-bond acceptors (Lipinski definition) is 9. The molecule has 4 rings (SSSR count). The lowest BCUT2D eigenvalue weighted by atomic mass is 9.85. The molecule has 4 aromatic rings. The van der Waals surface area contributed by atoms with E-state index >= 15 is 0 Å². The van der Waals surface area contributed by atoms with E-state index in [-0.39, 0.29) is 16.9 Å². The fourth-order valence-electron chi connectivity index (χ4n) is 3.87. The zero-order valence-corrected chi connectivity index (χ0v) is 19.9. The second kappa shape index (κ2) is 7.74. The van der Waals surface area contributed by atoms with Gasteiger partial charge in [-0.2, -0.15) is 0 Å². The first-order valence-electron chi connectivity index (χ1n) is 10.3. The number of benzene rings is 2. The lowest BCUT2D eigenvalue weighted by Crippen LogP contribution is -2.33. The summed E-state index contributed by atoms with van der Waals surface area (Å²) in [6.45, 7) is 5.58. The standard InChI is InChI=1S/C25H20O9S/c1-25(2,3)11-5-7-15(13(9-11)17-19(26)23(30)20(17)27)35(32,33)16-8-6-12(34-4)10-14(16)18-21(28)24(31)22(18)29/h5-10,26,28H,1-4H3. The zero-order valence-electron chi connectivity index (χ0n) is 19.1. The van der Waals surface area contributed by atoms with Crippen LogP contribution in [0.1, 0.15) is 26.3 Å². The number of aromatic hydroxyl groups is 2. The summed E-state index contributed by atoms with van der Waals surface area (Å²) in [6.07, 6.45) is 0. The smallest absolute Gasteiger partial charge is 0.268 e. The van der Waals surface area contributed by atoms with Crippen LogP contribution in [0.25, 0.3) is 22.3 Å². The molecule has 0 saturated carbocycles. The van der Waals surface area contributed by atoms with Gasteiger partial charge in [-0.15, -0.1) is 0 Å². The molecule has 0 bridgehead atoms. The maximum Gasteiger partial charge on any atom is 0.268 e. The van der Waals surface area contributed by atoms with Gasteiger partial charge in [0.05, 0.1) is 28.0 Å². The van der Waals surface area contributed by atoms with Crippen LogP contribution in [0.2, 0.25) is 0 Å². The molecular weight excluding hydrogens is 476 g/mol. The monoisotopic (exact) mass is 496 g/mol. The van der Waals surface area contributed by atoms with E-state index in [1.165, 1.54) is 37.4 Å². The summed E-state index contributed by atoms with van der Waals surface area (Å²) < 4.78 is 32.9. The third kappa shape index (κ3) is 3.48. The van der Waals surface area contributed by atoms with E-state index in [9.17, 15) is 37.8 Å². The van der Waals surface area contributed by atoms with Crippen molar-refractivity contribution in [3.05, 3.63) is 82.9 Å². The minimum atomic E-state index is -4.53. The van der Waals surface area contributed by atoms with E-state index in [0.717, 1.165) is 6.07 Å². The molecule has 0 atom stereocenters. The van der Waals surface area contributed by atoms with Crippen LogP contribution < -0.4 is 26.5 Å². The van der Waals surface area contributed by atoms with Gasteiger partial charge in [-0.3, -0.25) is 19.2 Å². The van der Waals surface area contributed by atoms with Crippen LogP contribution in [0.15, 0.2) is 65.4 Å². The fourth-order valence-corrected chi connectivity index (χ4v) is 5.50. The Morgan fingerprint density at radius 3 is 1.60 bits per heavy atom. The Kier molecular flexibility index (Phi) is 5.33. The molecule has 35 heavy (non-hydrogen) atoms. The highest BCUT2D eigenvalue weighted by Gasteiger charge is 2.34. The summed E-state index contributed by atoms with van der Waals surface area (Å²) in [7, 11) is -3.22. The predicted octanol–water partition coefficient (Wildman–Crippen LogP) is 1.76. The van der Waals surface area contributed by atoms with Crippen molar-refractivity contribution in [2.75, 3.05) is 7.11 Å². The van der Waals surface area contributed by atoms with Gasteiger partial charge in [-0.1, -0.05) is 26.8 Å². The third-order valence-electron chi connectivity index (χ3n) is 5.92. The van der Waals surface area contributed by atoms with Crippen LogP contribution >= 0.6 is 0 Å². The van der Waals surface area contributed by atoms with Crippen LogP contribution in [0.4, 0.5) is 0 Å². The lowest BCUT2D eigenvalue weighted by molar-refractivity contribution is 0.414. The van der Waals surface area contributed by atoms with Gasteiger partial charge in [0.1, 0.15) is 5.75 Å². The highest BCUT2D eigenvalue weighted by atomic mass is 32.2. The maximum absolute atomic E-state index is 13.9. The molecule has 0 radical (unpaired) electrons. The first kappa shape index (κ1) is 24.1. The molecule has 0 aliphatic rings. The average Bonchev–Trinajstić information content (AvgIpc) is 2.82. The third-order valence-corrected chi connectivity index (χ3v) is 7.79. The number of rotatable bonds is 5. The maximum atomic E-state index is 13.9. The van der Waals surface area contributed by atoms with E-state index in [4.69, 9.17) is 4.74 Å². The van der Waals surface area contributed by atoms with Crippen molar-refractivity contribution in [1.29, 1.82) is 0 Å². The van der Waals surface area contributed by atoms with E-state index in [2.05, 4.69) is 0 Å². The molecule has 10 heteroatoms. The average molecular weight is 496 g/mol. The summed E-state index contributed by atoms with van der Waals surface area (Å²) in [5.41, 5.74) is -5.51. The molecular formula is C25H20O9S. The Bertz CT molecular complexity index is 1770. The van der Waals surface area contributed by atoms with Crippen LogP contribution in [0, 0.1) is 0 Å². The van der Waals surface area contributed by atoms with Gasteiger partial charge in [0.15, 0.2) is 11.5 Å². The molecule has 0 aromatic heterocycles. The van der Waals surface area contributed by atoms with E-state index < -0.39 is 69.4 Å². The Hall–Kier alpha value is -4.05. The van der Waals surface area contributed by atoms with Crippen molar-refractivity contribution in [3.8, 4) is 39.5 Å². The SMILES string of the molecule is COc1ccc(S(=O)(=O)c2ccc(C(C)(C)C)cc2-c2c(O)c(=O)c2=O)c(-c2c(O)c(=O)c2=O)c1. The van der Waals surface area contributed by atoms with Gasteiger partial charge in [-0.05, 0) is 41.3 Å². The Morgan fingerprint density at radius 2 is 1.17 bits per heavy atom. The van der Waals surface area contributed by atoms with Crippen LogP contribution in [-0.2, 0) is 15.3 Å². The number of hydrogen-bond donors (Lipinski definition) is 2. The molecule has 0 aliphatic carbocycles. The summed E-state index contributed by atoms with van der Waals surface area (Å²) in [5.74, 6) is -1.55. The highest BCUT2D eigenvalue weighted by molar-refractivity contribution is 7.91. The molecule has 0 amide bonds. The second-order valence-electron chi connectivity index (χ2n) is 9.09. The van der Waals surface area contributed by atoms with Gasteiger partial charge in [-0.25, -0.2) is 8.42 Å². The van der Waals surface area contributed by atoms with Gasteiger partial charge in [0, 0.05) is 11.1 Å². The minimum Gasteiger partial charge on any atom is -0.503 e. The summed E-state index contributed by atoms with van der Waals surface area (Å²) in [5, 5.41) is 20.1. The number of methoxy groups -OCH3 is 1. The Balaban J connectivity index is 2.06. The zero-order chi connectivity index (χ0) is 26.0. The Labute approximate surface area is 198 Å². The van der Waals surface area contributed by atoms with E-state index in [1.54, 1.807) is 0 Å². The van der Waals surface area contributed by atoms with Crippen molar-refractivity contribution in [1.82, 2.24) is 0 Å². The molecule has 0 aliphatic heterocycles. The molecule has 0 spiro atoms. The molecule has 9 nitrogen and oxygen atoms in total. The largest absolute Gasteiger partial charge is 0.503 e. The number of sulfone groups is 1. The van der Waals surface area contributed by atoms with Crippen LogP contribution in [0.3, 0.4) is 0 Å². The normalized spacial score (nSPS) is 12.3. The first-order valence-corrected chi connectivity index (χ1v) is 11.8. The Morgan fingerprint density at radius 1 is 0.714 bits per heavy atom. The quantitative estimate of drug-likeness (QED) is 0.394. The van der Waals surface area contributed by atoms with Crippen molar-refractivity contribution >= 4 is 9.84 Å². The van der Waals surface area contributed by atoms with Gasteiger partial charge >= 0.3 is 0 Å². The molecule has 2 N–H and O–H groups in total. The molecule has 0 fully saturated rings. The predicted molar refractivity (Wildman–Crippen MR) is 128 cm³/mol. The topological polar surface area (TPSA) is 152 Å². The summed E-state index contributed by atoms with van der Waals surface area (Å²) in [4.78, 5) is 46.9. The molecule has 0 heterocycles. The van der Waals surface area contributed by atoms with Crippen LogP contribution in [-0.4, -0.2) is 25.7 Å². The fraction of sp³-hybridized carbons (Fsp3) is 0.200. The lowest BCUT2D eigenvalue weighted by Gasteiger charge is -2.22. The molecule has 0 unspecified atom stereocenters. The van der Waals surface area contributed by atoms with Crippen molar-refractivity contribution < 1.29 is 23.4 Å². The molecule has 180 valence electrons. The molecule has 4 aromatic carbocycles. The number of ether oxygens (including phenoxy) is 1.